The highest BCUT2D eigenvalue weighted by Crippen LogP contribution is 2.18. The number of nitrogens with one attached hydrogen (secondary N) is 2. The summed E-state index contributed by atoms with van der Waals surface area (Å²) >= 11 is 0. The molecule has 0 radical (unpaired) electrons. The van der Waals surface area contributed by atoms with Gasteiger partial charge in [0.05, 0.1) is 6.54 Å². The van der Waals surface area contributed by atoms with E-state index in [9.17, 15) is 18.0 Å². The minimum absolute atomic E-state index is 0.0764. The van der Waals surface area contributed by atoms with E-state index in [1.165, 1.54) is 11.1 Å². The number of nitrogens with zero attached hydrogens (tertiary/aromatic N) is 1. The lowest BCUT2D eigenvalue weighted by Gasteiger charge is -2.17. The summed E-state index contributed by atoms with van der Waals surface area (Å²) in [5, 5.41) is 13.3. The monoisotopic (exact) mass is 503 g/mol. The number of aromatic nitrogens is 1. The molecule has 2 aromatic carbocycles. The van der Waals surface area contributed by atoms with Crippen molar-refractivity contribution in [3.63, 3.8) is 0 Å². The fourth-order valence-corrected chi connectivity index (χ4v) is 3.09. The van der Waals surface area contributed by atoms with Crippen LogP contribution in [0.25, 0.3) is 0 Å². The van der Waals surface area contributed by atoms with E-state index in [-0.39, 0.29) is 18.5 Å². The second-order valence-corrected chi connectivity index (χ2v) is 7.68. The van der Waals surface area contributed by atoms with Gasteiger partial charge < -0.3 is 20.5 Å². The van der Waals surface area contributed by atoms with Crippen molar-refractivity contribution in [3.8, 4) is 5.75 Å². The third-order valence-electron chi connectivity index (χ3n) is 4.99. The maximum Gasteiger partial charge on any atom is 0.490 e. The van der Waals surface area contributed by atoms with Gasteiger partial charge in [-0.05, 0) is 60.4 Å². The summed E-state index contributed by atoms with van der Waals surface area (Å²) in [5.74, 6) is -2.07. The molecule has 0 saturated heterocycles. The first kappa shape index (κ1) is 28.3. The Balaban J connectivity index is 0.000000572. The number of carboxylic acids is 1. The zero-order valence-corrected chi connectivity index (χ0v) is 19.9. The number of halogens is 3. The summed E-state index contributed by atoms with van der Waals surface area (Å²) in [7, 11) is 0. The average Bonchev–Trinajstić information content (AvgIpc) is 2.87. The van der Waals surface area contributed by atoms with Gasteiger partial charge in [-0.15, -0.1) is 0 Å². The van der Waals surface area contributed by atoms with Crippen molar-refractivity contribution >= 4 is 17.6 Å². The van der Waals surface area contributed by atoms with Crippen LogP contribution in [0.3, 0.4) is 0 Å². The van der Waals surface area contributed by atoms with Gasteiger partial charge in [0.2, 0.25) is 5.91 Å². The van der Waals surface area contributed by atoms with Crippen molar-refractivity contribution in [2.45, 2.75) is 39.1 Å². The number of carbonyl (C=O) groups excluding carboxylic acids is 1. The predicted octanol–water partition coefficient (Wildman–Crippen LogP) is 5.15. The van der Waals surface area contributed by atoms with Crippen molar-refractivity contribution in [1.29, 1.82) is 0 Å². The van der Waals surface area contributed by atoms with Crippen LogP contribution in [0.1, 0.15) is 36.6 Å². The SMILES string of the molecule is CCc1cnccc1C(C)NCC(=O)Nc1ccc(OCc2ccccc2)cc1.O=C(O)C(F)(F)F. The van der Waals surface area contributed by atoms with Gasteiger partial charge in [-0.3, -0.25) is 9.78 Å². The average molecular weight is 504 g/mol. The van der Waals surface area contributed by atoms with Crippen LogP contribution >= 0.6 is 0 Å². The lowest BCUT2D eigenvalue weighted by atomic mass is 10.0. The van der Waals surface area contributed by atoms with Crippen LogP contribution in [-0.2, 0) is 22.6 Å². The topological polar surface area (TPSA) is 101 Å². The molecule has 3 aromatic rings. The molecule has 0 bridgehead atoms. The Kier molecular flexibility index (Phi) is 10.9. The predicted molar refractivity (Wildman–Crippen MR) is 130 cm³/mol. The standard InChI is InChI=1S/C24H27N3O2.C2HF3O2/c1-3-20-15-25-14-13-23(20)18(2)26-16-24(28)27-21-9-11-22(12-10-21)29-17-19-7-5-4-6-8-19;3-2(4,5)1(6)7/h4-15,18,26H,3,16-17H2,1-2H3,(H,27,28);(H,6,7). The molecular formula is C26H28F3N3O4. The Labute approximate surface area is 207 Å². The lowest BCUT2D eigenvalue weighted by molar-refractivity contribution is -0.192. The molecular weight excluding hydrogens is 475 g/mol. The molecule has 0 aliphatic carbocycles. The molecule has 1 amide bonds. The van der Waals surface area contributed by atoms with Gasteiger partial charge in [-0.25, -0.2) is 4.79 Å². The fourth-order valence-electron chi connectivity index (χ4n) is 3.09. The molecule has 3 rings (SSSR count). The summed E-state index contributed by atoms with van der Waals surface area (Å²) in [4.78, 5) is 25.3. The number of rotatable bonds is 9. The van der Waals surface area contributed by atoms with Crippen molar-refractivity contribution in [2.75, 3.05) is 11.9 Å². The quantitative estimate of drug-likeness (QED) is 0.374. The summed E-state index contributed by atoms with van der Waals surface area (Å²) in [5.41, 5.74) is 4.23. The largest absolute Gasteiger partial charge is 0.490 e. The van der Waals surface area contributed by atoms with Crippen molar-refractivity contribution in [3.05, 3.63) is 89.7 Å². The van der Waals surface area contributed by atoms with Crippen LogP contribution in [0.2, 0.25) is 0 Å². The van der Waals surface area contributed by atoms with E-state index in [2.05, 4.69) is 29.5 Å². The molecule has 1 heterocycles. The van der Waals surface area contributed by atoms with Crippen LogP contribution in [0.5, 0.6) is 5.75 Å². The second kappa shape index (κ2) is 13.8. The number of alkyl halides is 3. The van der Waals surface area contributed by atoms with Gasteiger partial charge in [0.25, 0.3) is 0 Å². The van der Waals surface area contributed by atoms with Gasteiger partial charge in [-0.1, -0.05) is 37.3 Å². The van der Waals surface area contributed by atoms with Gasteiger partial charge in [0, 0.05) is 24.1 Å². The molecule has 0 saturated carbocycles. The number of aliphatic carboxylic acids is 1. The molecule has 3 N–H and O–H groups in total. The summed E-state index contributed by atoms with van der Waals surface area (Å²) < 4.78 is 37.5. The number of benzene rings is 2. The third kappa shape index (κ3) is 9.75. The van der Waals surface area contributed by atoms with Gasteiger partial charge in [-0.2, -0.15) is 13.2 Å². The molecule has 1 atom stereocenters. The molecule has 0 fully saturated rings. The first-order valence-electron chi connectivity index (χ1n) is 11.1. The van der Waals surface area contributed by atoms with Crippen LogP contribution in [0.15, 0.2) is 73.1 Å². The highest BCUT2D eigenvalue weighted by Gasteiger charge is 2.38. The van der Waals surface area contributed by atoms with Crippen molar-refractivity contribution in [2.24, 2.45) is 0 Å². The van der Waals surface area contributed by atoms with E-state index >= 15 is 0 Å². The number of aryl methyl sites for hydroxylation is 1. The van der Waals surface area contributed by atoms with Crippen LogP contribution < -0.4 is 15.4 Å². The van der Waals surface area contributed by atoms with Crippen LogP contribution in [-0.4, -0.2) is 34.7 Å². The number of hydrogen-bond acceptors (Lipinski definition) is 5. The molecule has 10 heteroatoms. The number of carboxylic acid groups (broad SMARTS) is 1. The fraction of sp³-hybridized carbons (Fsp3) is 0.269. The molecule has 0 spiro atoms. The zero-order valence-electron chi connectivity index (χ0n) is 19.9. The Hall–Kier alpha value is -3.92. The van der Waals surface area contributed by atoms with Crippen molar-refractivity contribution in [1.82, 2.24) is 10.3 Å². The molecule has 1 unspecified atom stereocenters. The first-order chi connectivity index (χ1) is 17.1. The Bertz CT molecular complexity index is 1110. The van der Waals surface area contributed by atoms with Crippen LogP contribution in [0.4, 0.5) is 18.9 Å². The molecule has 0 aliphatic heterocycles. The summed E-state index contributed by atoms with van der Waals surface area (Å²) in [6, 6.07) is 19.5. The normalized spacial score (nSPS) is 11.6. The third-order valence-corrected chi connectivity index (χ3v) is 4.99. The smallest absolute Gasteiger partial charge is 0.489 e. The Morgan fingerprint density at radius 2 is 1.69 bits per heavy atom. The van der Waals surface area contributed by atoms with E-state index in [1.807, 2.05) is 66.9 Å². The maximum atomic E-state index is 12.3. The molecule has 7 nitrogen and oxygen atoms in total. The van der Waals surface area contributed by atoms with E-state index in [4.69, 9.17) is 14.6 Å². The van der Waals surface area contributed by atoms with Gasteiger partial charge in [0.1, 0.15) is 12.4 Å². The lowest BCUT2D eigenvalue weighted by Crippen LogP contribution is -2.30. The number of ether oxygens (including phenoxy) is 1. The molecule has 36 heavy (non-hydrogen) atoms. The second-order valence-electron chi connectivity index (χ2n) is 7.68. The summed E-state index contributed by atoms with van der Waals surface area (Å²) in [6.07, 6.45) is -0.497. The van der Waals surface area contributed by atoms with Crippen LogP contribution in [0, 0.1) is 0 Å². The maximum absolute atomic E-state index is 12.3. The minimum Gasteiger partial charge on any atom is -0.489 e. The number of amides is 1. The van der Waals surface area contributed by atoms with E-state index in [0.717, 1.165) is 23.4 Å². The zero-order chi connectivity index (χ0) is 26.6. The molecule has 1 aromatic heterocycles. The summed E-state index contributed by atoms with van der Waals surface area (Å²) in [6.45, 7) is 4.91. The van der Waals surface area contributed by atoms with E-state index in [1.54, 1.807) is 6.20 Å². The van der Waals surface area contributed by atoms with Gasteiger partial charge in [0.15, 0.2) is 0 Å². The Morgan fingerprint density at radius 3 is 2.28 bits per heavy atom. The number of pyridine rings is 1. The first-order valence-corrected chi connectivity index (χ1v) is 11.1. The van der Waals surface area contributed by atoms with E-state index < -0.39 is 12.1 Å². The van der Waals surface area contributed by atoms with Gasteiger partial charge >= 0.3 is 12.1 Å². The van der Waals surface area contributed by atoms with E-state index in [0.29, 0.717) is 6.61 Å². The Morgan fingerprint density at radius 1 is 1.06 bits per heavy atom. The van der Waals surface area contributed by atoms with Crippen molar-refractivity contribution < 1.29 is 32.6 Å². The highest BCUT2D eigenvalue weighted by molar-refractivity contribution is 5.92. The number of anilines is 1. The minimum atomic E-state index is -5.08. The molecule has 0 aliphatic rings. The highest BCUT2D eigenvalue weighted by atomic mass is 19.4. The number of hydrogen-bond donors (Lipinski definition) is 3. The molecule has 192 valence electrons. The number of carbonyl (C=O) groups is 2.